The highest BCUT2D eigenvalue weighted by atomic mass is 127. The van der Waals surface area contributed by atoms with Crippen LogP contribution in [0.1, 0.15) is 25.3 Å². The standard InChI is InChI=1S/C18H25ClFN3O2.HI/c1-2-21-18(22-11-13-5-6-15(20)14(19)10-13)23-7-9-25-17(12-23)16-4-3-8-24-16;/h5-6,10,16-17H,2-4,7-9,11-12H2,1H3,(H,21,22);1H. The molecule has 2 saturated heterocycles. The van der Waals surface area contributed by atoms with Crippen molar-refractivity contribution in [3.05, 3.63) is 34.6 Å². The fourth-order valence-electron chi connectivity index (χ4n) is 3.22. The maximum Gasteiger partial charge on any atom is 0.194 e. The zero-order valence-corrected chi connectivity index (χ0v) is 18.0. The molecule has 1 aromatic carbocycles. The van der Waals surface area contributed by atoms with E-state index in [0.717, 1.165) is 50.6 Å². The van der Waals surface area contributed by atoms with E-state index in [-0.39, 0.29) is 41.2 Å². The van der Waals surface area contributed by atoms with Crippen LogP contribution in [0.2, 0.25) is 5.02 Å². The van der Waals surface area contributed by atoms with Gasteiger partial charge in [-0.25, -0.2) is 9.38 Å². The Kier molecular flexibility index (Phi) is 8.86. The van der Waals surface area contributed by atoms with Gasteiger partial charge in [-0.2, -0.15) is 0 Å². The van der Waals surface area contributed by atoms with E-state index in [9.17, 15) is 4.39 Å². The largest absolute Gasteiger partial charge is 0.375 e. The van der Waals surface area contributed by atoms with Crippen LogP contribution >= 0.6 is 35.6 Å². The predicted molar refractivity (Wildman–Crippen MR) is 112 cm³/mol. The molecule has 0 amide bonds. The SMILES string of the molecule is CCNC(=NCc1ccc(F)c(Cl)c1)N1CCOC(C2CCCO2)C1.I. The van der Waals surface area contributed by atoms with Crippen LogP contribution in [0.5, 0.6) is 0 Å². The van der Waals surface area contributed by atoms with Gasteiger partial charge in [-0.3, -0.25) is 0 Å². The molecule has 2 atom stereocenters. The molecule has 2 aliphatic rings. The van der Waals surface area contributed by atoms with Crippen LogP contribution in [0.25, 0.3) is 0 Å². The lowest BCUT2D eigenvalue weighted by Crippen LogP contribution is -2.53. The highest BCUT2D eigenvalue weighted by Gasteiger charge is 2.32. The van der Waals surface area contributed by atoms with Crippen molar-refractivity contribution in [2.75, 3.05) is 32.8 Å². The Hall–Kier alpha value is -0.640. The Morgan fingerprint density at radius 2 is 2.15 bits per heavy atom. The molecule has 1 aromatic rings. The van der Waals surface area contributed by atoms with Crippen molar-refractivity contribution in [1.29, 1.82) is 0 Å². The van der Waals surface area contributed by atoms with Crippen LogP contribution in [0.4, 0.5) is 4.39 Å². The van der Waals surface area contributed by atoms with Crippen LogP contribution in [0.3, 0.4) is 0 Å². The Balaban J connectivity index is 0.00000243. The number of hydrogen-bond donors (Lipinski definition) is 1. The third kappa shape index (κ3) is 5.68. The molecule has 1 N–H and O–H groups in total. The minimum Gasteiger partial charge on any atom is -0.375 e. The van der Waals surface area contributed by atoms with Gasteiger partial charge in [0, 0.05) is 26.2 Å². The summed E-state index contributed by atoms with van der Waals surface area (Å²) in [5.74, 6) is 0.433. The Morgan fingerprint density at radius 3 is 2.85 bits per heavy atom. The summed E-state index contributed by atoms with van der Waals surface area (Å²) in [6, 6.07) is 4.71. The number of ether oxygens (including phenoxy) is 2. The topological polar surface area (TPSA) is 46.1 Å². The van der Waals surface area contributed by atoms with E-state index in [1.54, 1.807) is 12.1 Å². The molecule has 0 radical (unpaired) electrons. The lowest BCUT2D eigenvalue weighted by atomic mass is 10.1. The number of nitrogens with zero attached hydrogens (tertiary/aromatic N) is 2. The quantitative estimate of drug-likeness (QED) is 0.393. The van der Waals surface area contributed by atoms with Gasteiger partial charge >= 0.3 is 0 Å². The van der Waals surface area contributed by atoms with E-state index < -0.39 is 5.82 Å². The maximum atomic E-state index is 13.3. The summed E-state index contributed by atoms with van der Waals surface area (Å²) in [6.07, 6.45) is 2.42. The molecule has 8 heteroatoms. The highest BCUT2D eigenvalue weighted by Crippen LogP contribution is 2.21. The molecule has 0 spiro atoms. The molecule has 0 aliphatic carbocycles. The average Bonchev–Trinajstić information content (AvgIpc) is 3.16. The zero-order valence-electron chi connectivity index (χ0n) is 14.9. The molecule has 3 rings (SSSR count). The summed E-state index contributed by atoms with van der Waals surface area (Å²) < 4.78 is 25.0. The van der Waals surface area contributed by atoms with E-state index in [1.165, 1.54) is 6.07 Å². The van der Waals surface area contributed by atoms with Crippen molar-refractivity contribution in [2.24, 2.45) is 4.99 Å². The lowest BCUT2D eigenvalue weighted by molar-refractivity contribution is -0.0817. The van der Waals surface area contributed by atoms with E-state index in [1.807, 2.05) is 6.92 Å². The molecular weight excluding hydrogens is 472 g/mol. The minimum atomic E-state index is -0.408. The van der Waals surface area contributed by atoms with E-state index in [2.05, 4.69) is 10.2 Å². The summed E-state index contributed by atoms with van der Waals surface area (Å²) in [5, 5.41) is 3.46. The number of nitrogens with one attached hydrogen (secondary N) is 1. The van der Waals surface area contributed by atoms with Crippen molar-refractivity contribution in [3.8, 4) is 0 Å². The molecule has 2 fully saturated rings. The fraction of sp³-hybridized carbons (Fsp3) is 0.611. The van der Waals surface area contributed by atoms with Crippen molar-refractivity contribution in [2.45, 2.75) is 38.5 Å². The van der Waals surface area contributed by atoms with Crippen LogP contribution in [-0.2, 0) is 16.0 Å². The van der Waals surface area contributed by atoms with Crippen LogP contribution < -0.4 is 5.32 Å². The zero-order chi connectivity index (χ0) is 17.6. The van der Waals surface area contributed by atoms with Gasteiger partial charge in [0.1, 0.15) is 11.9 Å². The third-order valence-corrected chi connectivity index (χ3v) is 4.79. The van der Waals surface area contributed by atoms with Crippen molar-refractivity contribution in [3.63, 3.8) is 0 Å². The molecule has 0 saturated carbocycles. The van der Waals surface area contributed by atoms with E-state index in [4.69, 9.17) is 26.1 Å². The molecular formula is C18H26ClFIN3O2. The first-order valence-electron chi connectivity index (χ1n) is 8.87. The molecule has 0 aromatic heterocycles. The van der Waals surface area contributed by atoms with Crippen LogP contribution in [-0.4, -0.2) is 55.9 Å². The van der Waals surface area contributed by atoms with Crippen molar-refractivity contribution in [1.82, 2.24) is 10.2 Å². The number of rotatable bonds is 4. The maximum absolute atomic E-state index is 13.3. The average molecular weight is 498 g/mol. The Labute approximate surface area is 176 Å². The second kappa shape index (κ2) is 10.6. The molecule has 5 nitrogen and oxygen atoms in total. The first-order chi connectivity index (χ1) is 12.2. The second-order valence-electron chi connectivity index (χ2n) is 6.33. The molecule has 2 aliphatic heterocycles. The number of benzene rings is 1. The highest BCUT2D eigenvalue weighted by molar-refractivity contribution is 14.0. The molecule has 26 heavy (non-hydrogen) atoms. The Bertz CT molecular complexity index is 614. The van der Waals surface area contributed by atoms with Gasteiger partial charge in [-0.1, -0.05) is 17.7 Å². The smallest absolute Gasteiger partial charge is 0.194 e. The third-order valence-electron chi connectivity index (χ3n) is 4.50. The summed E-state index contributed by atoms with van der Waals surface area (Å²) in [7, 11) is 0. The van der Waals surface area contributed by atoms with Crippen molar-refractivity contribution >= 4 is 41.5 Å². The molecule has 2 heterocycles. The summed E-state index contributed by atoms with van der Waals surface area (Å²) in [5.41, 5.74) is 0.880. The summed E-state index contributed by atoms with van der Waals surface area (Å²) >= 11 is 5.85. The monoisotopic (exact) mass is 497 g/mol. The van der Waals surface area contributed by atoms with Gasteiger partial charge in [0.05, 0.1) is 24.3 Å². The molecule has 0 bridgehead atoms. The van der Waals surface area contributed by atoms with E-state index in [0.29, 0.717) is 13.2 Å². The van der Waals surface area contributed by atoms with Crippen LogP contribution in [0.15, 0.2) is 23.2 Å². The predicted octanol–water partition coefficient (Wildman–Crippen LogP) is 3.44. The summed E-state index contributed by atoms with van der Waals surface area (Å²) in [4.78, 5) is 6.91. The first kappa shape index (κ1) is 21.7. The lowest BCUT2D eigenvalue weighted by Gasteiger charge is -2.37. The van der Waals surface area contributed by atoms with Gasteiger partial charge in [-0.15, -0.1) is 24.0 Å². The first-order valence-corrected chi connectivity index (χ1v) is 9.25. The minimum absolute atomic E-state index is 0. The van der Waals surface area contributed by atoms with Gasteiger partial charge in [-0.05, 0) is 37.5 Å². The Morgan fingerprint density at radius 1 is 1.35 bits per heavy atom. The fourth-order valence-corrected chi connectivity index (χ4v) is 3.42. The number of halogens is 3. The van der Waals surface area contributed by atoms with Gasteiger partial charge < -0.3 is 19.7 Å². The van der Waals surface area contributed by atoms with Gasteiger partial charge in [0.15, 0.2) is 5.96 Å². The van der Waals surface area contributed by atoms with Gasteiger partial charge in [0.25, 0.3) is 0 Å². The van der Waals surface area contributed by atoms with Gasteiger partial charge in [0.2, 0.25) is 0 Å². The number of aliphatic imine (C=N–C) groups is 1. The number of guanidine groups is 1. The van der Waals surface area contributed by atoms with Crippen molar-refractivity contribution < 1.29 is 13.9 Å². The normalized spacial score (nSPS) is 23.7. The van der Waals surface area contributed by atoms with E-state index >= 15 is 0 Å². The second-order valence-corrected chi connectivity index (χ2v) is 6.73. The summed E-state index contributed by atoms with van der Waals surface area (Å²) in [6.45, 7) is 6.32. The molecule has 146 valence electrons. The number of hydrogen-bond acceptors (Lipinski definition) is 3. The molecule has 2 unspecified atom stereocenters. The number of morpholine rings is 1. The van der Waals surface area contributed by atoms with Crippen LogP contribution in [0, 0.1) is 5.82 Å².